The van der Waals surface area contributed by atoms with E-state index in [0.717, 1.165) is 71.8 Å². The number of nitrogens with one attached hydrogen (secondary N) is 2. The van der Waals surface area contributed by atoms with E-state index in [0.29, 0.717) is 22.6 Å². The number of ether oxygens (including phenoxy) is 2. The van der Waals surface area contributed by atoms with Gasteiger partial charge in [0.1, 0.15) is 5.75 Å². The molecular weight excluding hydrogens is 520 g/mol. The highest BCUT2D eigenvalue weighted by Gasteiger charge is 2.14. The van der Waals surface area contributed by atoms with Gasteiger partial charge in [-0.3, -0.25) is 15.0 Å². The number of aryl methyl sites for hydroxylation is 2. The SMILES string of the molecule is Cc1nc(NC(=O)c2ccc(-c3ccnc(Nc4cccc(OCCCN5CCOCC5)c4)n3)s2)sc1C. The fourth-order valence-corrected chi connectivity index (χ4v) is 5.62. The average Bonchev–Trinajstić information content (AvgIpc) is 3.54. The van der Waals surface area contributed by atoms with Gasteiger partial charge in [0.2, 0.25) is 5.95 Å². The minimum absolute atomic E-state index is 0.177. The molecule has 198 valence electrons. The molecule has 0 atom stereocenters. The van der Waals surface area contributed by atoms with Gasteiger partial charge >= 0.3 is 0 Å². The van der Waals surface area contributed by atoms with Crippen LogP contribution in [0.1, 0.15) is 26.7 Å². The molecule has 1 amide bonds. The largest absolute Gasteiger partial charge is 0.493 e. The highest BCUT2D eigenvalue weighted by atomic mass is 32.1. The zero-order valence-corrected chi connectivity index (χ0v) is 23.0. The molecule has 0 saturated carbocycles. The standard InChI is InChI=1S/C27H30N6O3S2/c1-18-19(2)37-27(29-18)32-25(34)24-8-7-23(38-24)22-9-10-28-26(31-22)30-20-5-3-6-21(17-20)36-14-4-11-33-12-15-35-16-13-33/h3,5-10,17H,4,11-16H2,1-2H3,(H,28,30,31)(H,29,32,34). The van der Waals surface area contributed by atoms with E-state index in [1.807, 2.05) is 50.2 Å². The monoisotopic (exact) mass is 550 g/mol. The minimum atomic E-state index is -0.177. The molecule has 0 spiro atoms. The normalized spacial score (nSPS) is 13.8. The summed E-state index contributed by atoms with van der Waals surface area (Å²) in [5, 5.41) is 6.75. The molecule has 1 aliphatic heterocycles. The first-order chi connectivity index (χ1) is 18.5. The number of anilines is 3. The first-order valence-corrected chi connectivity index (χ1v) is 14.2. The molecule has 0 radical (unpaired) electrons. The summed E-state index contributed by atoms with van der Waals surface area (Å²) in [5.74, 6) is 1.09. The van der Waals surface area contributed by atoms with Crippen molar-refractivity contribution in [2.75, 3.05) is 50.1 Å². The van der Waals surface area contributed by atoms with Crippen LogP contribution >= 0.6 is 22.7 Å². The molecule has 11 heteroatoms. The number of thiazole rings is 1. The lowest BCUT2D eigenvalue weighted by Gasteiger charge is -2.26. The highest BCUT2D eigenvalue weighted by molar-refractivity contribution is 7.18. The van der Waals surface area contributed by atoms with Gasteiger partial charge in [-0.25, -0.2) is 15.0 Å². The summed E-state index contributed by atoms with van der Waals surface area (Å²) < 4.78 is 11.4. The highest BCUT2D eigenvalue weighted by Crippen LogP contribution is 2.29. The van der Waals surface area contributed by atoms with Crippen LogP contribution in [0, 0.1) is 13.8 Å². The van der Waals surface area contributed by atoms with Crippen LogP contribution in [0.2, 0.25) is 0 Å². The van der Waals surface area contributed by atoms with Crippen LogP contribution in [0.4, 0.5) is 16.8 Å². The molecule has 4 aromatic rings. The van der Waals surface area contributed by atoms with Gasteiger partial charge < -0.3 is 14.8 Å². The first-order valence-electron chi connectivity index (χ1n) is 12.5. The van der Waals surface area contributed by atoms with Crippen molar-refractivity contribution < 1.29 is 14.3 Å². The molecule has 1 aliphatic rings. The number of hydrogen-bond acceptors (Lipinski definition) is 10. The second-order valence-electron chi connectivity index (χ2n) is 8.85. The van der Waals surface area contributed by atoms with Crippen molar-refractivity contribution in [2.45, 2.75) is 20.3 Å². The number of morpholine rings is 1. The topological polar surface area (TPSA) is 102 Å². The van der Waals surface area contributed by atoms with Gasteiger partial charge in [-0.2, -0.15) is 0 Å². The summed E-state index contributed by atoms with van der Waals surface area (Å²) in [6, 6.07) is 13.3. The molecule has 1 fully saturated rings. The van der Waals surface area contributed by atoms with Crippen LogP contribution in [0.15, 0.2) is 48.7 Å². The number of aromatic nitrogens is 3. The molecular formula is C27H30N6O3S2. The molecule has 1 aromatic carbocycles. The predicted molar refractivity (Wildman–Crippen MR) is 152 cm³/mol. The number of benzene rings is 1. The van der Waals surface area contributed by atoms with E-state index in [9.17, 15) is 4.79 Å². The quantitative estimate of drug-likeness (QED) is 0.254. The summed E-state index contributed by atoms with van der Waals surface area (Å²) in [6.45, 7) is 9.20. The second kappa shape index (κ2) is 12.4. The maximum absolute atomic E-state index is 12.7. The number of nitrogens with zero attached hydrogens (tertiary/aromatic N) is 4. The summed E-state index contributed by atoms with van der Waals surface area (Å²) >= 11 is 2.85. The molecule has 2 N–H and O–H groups in total. The zero-order chi connectivity index (χ0) is 26.3. The Morgan fingerprint density at radius 3 is 2.79 bits per heavy atom. The molecule has 1 saturated heterocycles. The molecule has 38 heavy (non-hydrogen) atoms. The number of rotatable bonds is 10. The van der Waals surface area contributed by atoms with Crippen molar-refractivity contribution in [1.29, 1.82) is 0 Å². The third-order valence-electron chi connectivity index (χ3n) is 6.07. The number of carbonyl (C=O) groups is 1. The van der Waals surface area contributed by atoms with E-state index in [4.69, 9.17) is 9.47 Å². The average molecular weight is 551 g/mol. The molecule has 0 unspecified atom stereocenters. The van der Waals surface area contributed by atoms with Gasteiger partial charge in [0.05, 0.1) is 41.0 Å². The molecule has 3 aromatic heterocycles. The lowest BCUT2D eigenvalue weighted by Crippen LogP contribution is -2.37. The van der Waals surface area contributed by atoms with Crippen LogP contribution < -0.4 is 15.4 Å². The Balaban J connectivity index is 1.17. The van der Waals surface area contributed by atoms with Crippen molar-refractivity contribution in [3.8, 4) is 16.3 Å². The Morgan fingerprint density at radius 2 is 1.97 bits per heavy atom. The fraction of sp³-hybridized carbons (Fsp3) is 0.333. The molecule has 0 bridgehead atoms. The van der Waals surface area contributed by atoms with E-state index in [2.05, 4.69) is 30.5 Å². The first kappa shape index (κ1) is 26.2. The van der Waals surface area contributed by atoms with E-state index in [1.54, 1.807) is 12.3 Å². The smallest absolute Gasteiger partial charge is 0.267 e. The summed E-state index contributed by atoms with van der Waals surface area (Å²) in [4.78, 5) is 31.1. The Kier molecular flexibility index (Phi) is 8.59. The number of carbonyl (C=O) groups excluding carboxylic acids is 1. The Morgan fingerprint density at radius 1 is 1.11 bits per heavy atom. The third-order valence-corrected chi connectivity index (χ3v) is 8.16. The van der Waals surface area contributed by atoms with Crippen molar-refractivity contribution in [3.05, 3.63) is 64.1 Å². The number of amides is 1. The molecule has 0 aliphatic carbocycles. The van der Waals surface area contributed by atoms with Crippen LogP contribution in [-0.2, 0) is 4.74 Å². The third kappa shape index (κ3) is 6.93. The van der Waals surface area contributed by atoms with Crippen LogP contribution in [-0.4, -0.2) is 65.2 Å². The van der Waals surface area contributed by atoms with Gasteiger partial charge in [0, 0.05) is 42.5 Å². The molecule has 9 nitrogen and oxygen atoms in total. The Labute approximate surface area is 229 Å². The molecule has 5 rings (SSSR count). The van der Waals surface area contributed by atoms with Crippen molar-refractivity contribution in [1.82, 2.24) is 19.9 Å². The lowest BCUT2D eigenvalue weighted by atomic mass is 10.3. The van der Waals surface area contributed by atoms with E-state index >= 15 is 0 Å². The van der Waals surface area contributed by atoms with Crippen LogP contribution in [0.3, 0.4) is 0 Å². The van der Waals surface area contributed by atoms with Crippen molar-refractivity contribution >= 4 is 45.3 Å². The van der Waals surface area contributed by atoms with Gasteiger partial charge in [-0.15, -0.1) is 22.7 Å². The lowest BCUT2D eigenvalue weighted by molar-refractivity contribution is 0.0358. The number of hydrogen-bond donors (Lipinski definition) is 2. The summed E-state index contributed by atoms with van der Waals surface area (Å²) in [5.41, 5.74) is 2.51. The molecule has 4 heterocycles. The van der Waals surface area contributed by atoms with E-state index in [1.165, 1.54) is 22.7 Å². The number of thiophene rings is 1. The van der Waals surface area contributed by atoms with E-state index in [-0.39, 0.29) is 5.91 Å². The maximum atomic E-state index is 12.7. The fourth-order valence-electron chi connectivity index (χ4n) is 3.93. The minimum Gasteiger partial charge on any atom is -0.493 e. The van der Waals surface area contributed by atoms with Crippen molar-refractivity contribution in [3.63, 3.8) is 0 Å². The van der Waals surface area contributed by atoms with E-state index < -0.39 is 0 Å². The Bertz CT molecular complexity index is 1360. The zero-order valence-electron chi connectivity index (χ0n) is 21.4. The predicted octanol–water partition coefficient (Wildman–Crippen LogP) is 5.38. The van der Waals surface area contributed by atoms with Gasteiger partial charge in [-0.1, -0.05) is 6.07 Å². The summed E-state index contributed by atoms with van der Waals surface area (Å²) in [7, 11) is 0. The second-order valence-corrected chi connectivity index (χ2v) is 11.1. The van der Waals surface area contributed by atoms with Crippen molar-refractivity contribution in [2.24, 2.45) is 0 Å². The van der Waals surface area contributed by atoms with Gasteiger partial charge in [-0.05, 0) is 50.6 Å². The van der Waals surface area contributed by atoms with Gasteiger partial charge in [0.25, 0.3) is 5.91 Å². The van der Waals surface area contributed by atoms with Crippen LogP contribution in [0.25, 0.3) is 10.6 Å². The maximum Gasteiger partial charge on any atom is 0.267 e. The van der Waals surface area contributed by atoms with Gasteiger partial charge in [0.15, 0.2) is 5.13 Å². The van der Waals surface area contributed by atoms with Crippen LogP contribution in [0.5, 0.6) is 5.75 Å². The Hall–Kier alpha value is -3.38. The summed E-state index contributed by atoms with van der Waals surface area (Å²) in [6.07, 6.45) is 2.67.